The molecule has 1 aliphatic carbocycles. The lowest BCUT2D eigenvalue weighted by Gasteiger charge is -2.07. The van der Waals surface area contributed by atoms with E-state index in [4.69, 9.17) is 0 Å². The summed E-state index contributed by atoms with van der Waals surface area (Å²) < 4.78 is 0. The molecule has 1 nitrogen and oxygen atoms in total. The van der Waals surface area contributed by atoms with Crippen molar-refractivity contribution in [3.8, 4) is 0 Å². The Bertz CT molecular complexity index is 137. The predicted octanol–water partition coefficient (Wildman–Crippen LogP) is 2.50. The van der Waals surface area contributed by atoms with Crippen LogP contribution in [0.25, 0.3) is 0 Å². The van der Waals surface area contributed by atoms with Gasteiger partial charge in [-0.05, 0) is 30.8 Å². The fourth-order valence-electron chi connectivity index (χ4n) is 1.72. The van der Waals surface area contributed by atoms with E-state index >= 15 is 0 Å². The van der Waals surface area contributed by atoms with Crippen LogP contribution >= 0.6 is 0 Å². The molecule has 2 atom stereocenters. The van der Waals surface area contributed by atoms with Crippen molar-refractivity contribution in [1.29, 1.82) is 0 Å². The molecule has 1 aliphatic rings. The first-order chi connectivity index (χ1) is 5.25. The highest BCUT2D eigenvalue weighted by molar-refractivity contribution is 5.15. The SMILES string of the molecule is CCC/C=C1/C(C)CCC1O. The molecule has 0 saturated heterocycles. The zero-order chi connectivity index (χ0) is 8.27. The first kappa shape index (κ1) is 8.79. The van der Waals surface area contributed by atoms with Gasteiger partial charge >= 0.3 is 0 Å². The third kappa shape index (κ3) is 2.06. The summed E-state index contributed by atoms with van der Waals surface area (Å²) in [6, 6.07) is 0. The molecule has 1 heteroatoms. The van der Waals surface area contributed by atoms with Gasteiger partial charge in [-0.1, -0.05) is 26.3 Å². The maximum atomic E-state index is 9.52. The van der Waals surface area contributed by atoms with Gasteiger partial charge in [0.1, 0.15) is 0 Å². The summed E-state index contributed by atoms with van der Waals surface area (Å²) in [7, 11) is 0. The van der Waals surface area contributed by atoms with Crippen LogP contribution in [0.4, 0.5) is 0 Å². The minimum Gasteiger partial charge on any atom is -0.389 e. The van der Waals surface area contributed by atoms with Crippen LogP contribution in [0.5, 0.6) is 0 Å². The Labute approximate surface area is 69.1 Å². The summed E-state index contributed by atoms with van der Waals surface area (Å²) in [4.78, 5) is 0. The van der Waals surface area contributed by atoms with Crippen molar-refractivity contribution in [3.63, 3.8) is 0 Å². The molecular formula is C10H18O. The second kappa shape index (κ2) is 3.91. The van der Waals surface area contributed by atoms with Crippen molar-refractivity contribution in [2.75, 3.05) is 0 Å². The van der Waals surface area contributed by atoms with Crippen LogP contribution in [0.15, 0.2) is 11.6 Å². The van der Waals surface area contributed by atoms with Gasteiger partial charge in [-0.2, -0.15) is 0 Å². The molecule has 0 radical (unpaired) electrons. The lowest BCUT2D eigenvalue weighted by atomic mass is 10.0. The molecule has 0 aromatic rings. The molecule has 0 heterocycles. The van der Waals surface area contributed by atoms with Crippen LogP contribution in [0.1, 0.15) is 39.5 Å². The molecule has 0 amide bonds. The standard InChI is InChI=1S/C10H18O/c1-3-4-5-9-8(2)6-7-10(9)11/h5,8,10-11H,3-4,6-7H2,1-2H3/b9-5-. The average Bonchev–Trinajstić information content (AvgIpc) is 2.29. The summed E-state index contributed by atoms with van der Waals surface area (Å²) in [5.74, 6) is 0.622. The van der Waals surface area contributed by atoms with Crippen molar-refractivity contribution in [2.45, 2.75) is 45.6 Å². The molecule has 2 unspecified atom stereocenters. The van der Waals surface area contributed by atoms with E-state index in [1.807, 2.05) is 0 Å². The molecule has 1 saturated carbocycles. The number of unbranched alkanes of at least 4 members (excludes halogenated alkanes) is 1. The van der Waals surface area contributed by atoms with Gasteiger partial charge in [-0.15, -0.1) is 0 Å². The van der Waals surface area contributed by atoms with Crippen LogP contribution in [0.3, 0.4) is 0 Å². The third-order valence-electron chi connectivity index (χ3n) is 2.50. The lowest BCUT2D eigenvalue weighted by molar-refractivity contribution is 0.217. The van der Waals surface area contributed by atoms with Gasteiger partial charge < -0.3 is 5.11 Å². The van der Waals surface area contributed by atoms with E-state index in [0.29, 0.717) is 5.92 Å². The first-order valence-corrected chi connectivity index (χ1v) is 4.63. The summed E-state index contributed by atoms with van der Waals surface area (Å²) >= 11 is 0. The highest BCUT2D eigenvalue weighted by atomic mass is 16.3. The normalized spacial score (nSPS) is 35.0. The van der Waals surface area contributed by atoms with E-state index in [1.165, 1.54) is 12.0 Å². The highest BCUT2D eigenvalue weighted by Crippen LogP contribution is 2.31. The van der Waals surface area contributed by atoms with Crippen LogP contribution < -0.4 is 0 Å². The minimum absolute atomic E-state index is 0.128. The molecule has 0 spiro atoms. The zero-order valence-corrected chi connectivity index (χ0v) is 7.51. The number of hydrogen-bond donors (Lipinski definition) is 1. The molecule has 0 aromatic heterocycles. The monoisotopic (exact) mass is 154 g/mol. The first-order valence-electron chi connectivity index (χ1n) is 4.63. The van der Waals surface area contributed by atoms with Gasteiger partial charge in [-0.25, -0.2) is 0 Å². The van der Waals surface area contributed by atoms with Crippen LogP contribution in [-0.2, 0) is 0 Å². The van der Waals surface area contributed by atoms with Gasteiger partial charge in [-0.3, -0.25) is 0 Å². The topological polar surface area (TPSA) is 20.2 Å². The smallest absolute Gasteiger partial charge is 0.0752 e. The summed E-state index contributed by atoms with van der Waals surface area (Å²) in [6.07, 6.45) is 6.53. The minimum atomic E-state index is -0.128. The molecule has 11 heavy (non-hydrogen) atoms. The Hall–Kier alpha value is -0.300. The molecule has 0 bridgehead atoms. The van der Waals surface area contributed by atoms with Gasteiger partial charge in [0.05, 0.1) is 6.10 Å². The number of aliphatic hydroxyl groups is 1. The van der Waals surface area contributed by atoms with E-state index < -0.39 is 0 Å². The number of rotatable bonds is 2. The van der Waals surface area contributed by atoms with E-state index in [9.17, 15) is 5.11 Å². The Morgan fingerprint density at radius 3 is 2.73 bits per heavy atom. The van der Waals surface area contributed by atoms with Gasteiger partial charge in [0.2, 0.25) is 0 Å². The largest absolute Gasteiger partial charge is 0.389 e. The molecule has 0 aromatic carbocycles. The van der Waals surface area contributed by atoms with Crippen molar-refractivity contribution in [1.82, 2.24) is 0 Å². The molecule has 64 valence electrons. The van der Waals surface area contributed by atoms with Crippen LogP contribution in [-0.4, -0.2) is 11.2 Å². The maximum absolute atomic E-state index is 9.52. The van der Waals surface area contributed by atoms with Gasteiger partial charge in [0.15, 0.2) is 0 Å². The molecule has 1 fully saturated rings. The average molecular weight is 154 g/mol. The molecule has 1 rings (SSSR count). The maximum Gasteiger partial charge on any atom is 0.0752 e. The van der Waals surface area contributed by atoms with Crippen LogP contribution in [0.2, 0.25) is 0 Å². The van der Waals surface area contributed by atoms with Crippen LogP contribution in [0, 0.1) is 5.92 Å². The van der Waals surface area contributed by atoms with E-state index in [-0.39, 0.29) is 6.10 Å². The van der Waals surface area contributed by atoms with E-state index in [1.54, 1.807) is 0 Å². The Morgan fingerprint density at radius 1 is 1.55 bits per heavy atom. The van der Waals surface area contributed by atoms with E-state index in [0.717, 1.165) is 19.3 Å². The number of hydrogen-bond acceptors (Lipinski definition) is 1. The van der Waals surface area contributed by atoms with Crippen molar-refractivity contribution in [2.24, 2.45) is 5.92 Å². The van der Waals surface area contributed by atoms with Gasteiger partial charge in [0, 0.05) is 0 Å². The quantitative estimate of drug-likeness (QED) is 0.606. The van der Waals surface area contributed by atoms with Gasteiger partial charge in [0.25, 0.3) is 0 Å². The Morgan fingerprint density at radius 2 is 2.27 bits per heavy atom. The Kier molecular flexibility index (Phi) is 3.13. The molecular weight excluding hydrogens is 136 g/mol. The van der Waals surface area contributed by atoms with Crippen molar-refractivity contribution >= 4 is 0 Å². The number of allylic oxidation sites excluding steroid dienone is 1. The van der Waals surface area contributed by atoms with E-state index in [2.05, 4.69) is 19.9 Å². The highest BCUT2D eigenvalue weighted by Gasteiger charge is 2.24. The second-order valence-corrected chi connectivity index (χ2v) is 3.49. The third-order valence-corrected chi connectivity index (χ3v) is 2.50. The predicted molar refractivity (Wildman–Crippen MR) is 47.4 cm³/mol. The summed E-state index contributed by atoms with van der Waals surface area (Å²) in [5.41, 5.74) is 1.28. The summed E-state index contributed by atoms with van der Waals surface area (Å²) in [6.45, 7) is 4.38. The lowest BCUT2D eigenvalue weighted by Crippen LogP contribution is -2.04. The number of aliphatic hydroxyl groups excluding tert-OH is 1. The Balaban J connectivity index is 2.53. The van der Waals surface area contributed by atoms with Crippen molar-refractivity contribution < 1.29 is 5.11 Å². The molecule has 0 aliphatic heterocycles. The summed E-state index contributed by atoms with van der Waals surface area (Å²) in [5, 5.41) is 9.52. The fourth-order valence-corrected chi connectivity index (χ4v) is 1.72. The fraction of sp³-hybridized carbons (Fsp3) is 0.800. The molecule has 1 N–H and O–H groups in total. The second-order valence-electron chi connectivity index (χ2n) is 3.49. The van der Waals surface area contributed by atoms with Crippen molar-refractivity contribution in [3.05, 3.63) is 11.6 Å². The zero-order valence-electron chi connectivity index (χ0n) is 7.51.